The van der Waals surface area contributed by atoms with Crippen LogP contribution in [-0.2, 0) is 0 Å². The molecule has 11 heavy (non-hydrogen) atoms. The average Bonchev–Trinajstić information content (AvgIpc) is 2.06. The van der Waals surface area contributed by atoms with Gasteiger partial charge in [-0.1, -0.05) is 22.0 Å². The van der Waals surface area contributed by atoms with Gasteiger partial charge >= 0.3 is 0 Å². The fourth-order valence-corrected chi connectivity index (χ4v) is 0.903. The summed E-state index contributed by atoms with van der Waals surface area (Å²) in [6, 6.07) is 5.55. The van der Waals surface area contributed by atoms with Crippen molar-refractivity contribution in [3.8, 4) is 5.88 Å². The zero-order valence-corrected chi connectivity index (χ0v) is 8.88. The van der Waals surface area contributed by atoms with Gasteiger partial charge in [-0.3, -0.25) is 0 Å². The normalized spacial score (nSPS) is 12.5. The Morgan fingerprint density at radius 3 is 2.91 bits per heavy atom. The summed E-state index contributed by atoms with van der Waals surface area (Å²) in [5.74, 6) is 0.633. The Bertz CT molecular complexity index is 205. The van der Waals surface area contributed by atoms with Gasteiger partial charge in [-0.2, -0.15) is 0 Å². The second-order valence-electron chi connectivity index (χ2n) is 1.85. The van der Waals surface area contributed by atoms with Crippen molar-refractivity contribution in [2.75, 3.05) is 5.33 Å². The van der Waals surface area contributed by atoms with Crippen molar-refractivity contribution in [3.05, 3.63) is 24.4 Å². The number of aromatic nitrogens is 1. The number of pyridine rings is 1. The highest BCUT2D eigenvalue weighted by atomic mass is 79.9. The maximum Gasteiger partial charge on any atom is 0.214 e. The van der Waals surface area contributed by atoms with Crippen molar-refractivity contribution in [2.45, 2.75) is 5.01 Å². The van der Waals surface area contributed by atoms with Crippen LogP contribution in [0.4, 0.5) is 0 Å². The van der Waals surface area contributed by atoms with Gasteiger partial charge < -0.3 is 4.74 Å². The van der Waals surface area contributed by atoms with E-state index >= 15 is 0 Å². The highest BCUT2D eigenvalue weighted by molar-refractivity contribution is 9.12. The Balaban J connectivity index is 2.51. The first-order chi connectivity index (χ1) is 5.33. The average molecular weight is 281 g/mol. The van der Waals surface area contributed by atoms with Crippen molar-refractivity contribution in [1.82, 2.24) is 4.98 Å². The molecule has 0 saturated carbocycles. The van der Waals surface area contributed by atoms with Gasteiger partial charge in [0.15, 0.2) is 5.01 Å². The van der Waals surface area contributed by atoms with Gasteiger partial charge in [0.2, 0.25) is 5.88 Å². The summed E-state index contributed by atoms with van der Waals surface area (Å²) in [5, 5.41) is 0.723. The largest absolute Gasteiger partial charge is 0.462 e. The van der Waals surface area contributed by atoms with Crippen LogP contribution in [0.15, 0.2) is 24.4 Å². The van der Waals surface area contributed by atoms with E-state index in [4.69, 9.17) is 4.74 Å². The molecule has 1 atom stereocenters. The lowest BCUT2D eigenvalue weighted by molar-refractivity contribution is 0.306. The maximum absolute atomic E-state index is 5.32. The summed E-state index contributed by atoms with van der Waals surface area (Å²) >= 11 is 6.58. The van der Waals surface area contributed by atoms with Crippen molar-refractivity contribution in [2.24, 2.45) is 0 Å². The Hall–Kier alpha value is -0.0900. The van der Waals surface area contributed by atoms with Crippen LogP contribution in [0.1, 0.15) is 0 Å². The second kappa shape index (κ2) is 4.72. The number of halogens is 2. The van der Waals surface area contributed by atoms with E-state index in [-0.39, 0.29) is 5.01 Å². The Morgan fingerprint density at radius 1 is 1.55 bits per heavy atom. The van der Waals surface area contributed by atoms with Crippen LogP contribution in [-0.4, -0.2) is 15.3 Å². The van der Waals surface area contributed by atoms with Gasteiger partial charge in [-0.05, 0) is 22.0 Å². The number of alkyl halides is 2. The van der Waals surface area contributed by atoms with E-state index in [9.17, 15) is 0 Å². The van der Waals surface area contributed by atoms with Crippen LogP contribution in [0.25, 0.3) is 0 Å². The molecule has 1 heterocycles. The number of rotatable bonds is 3. The molecule has 0 saturated heterocycles. The van der Waals surface area contributed by atoms with Crippen molar-refractivity contribution in [3.63, 3.8) is 0 Å². The predicted octanol–water partition coefficient (Wildman–Crippen LogP) is 2.58. The fraction of sp³-hybridized carbons (Fsp3) is 0.286. The molecule has 4 heteroatoms. The lowest BCUT2D eigenvalue weighted by atomic mass is 10.5. The third-order valence-electron chi connectivity index (χ3n) is 1.01. The molecule has 0 radical (unpaired) electrons. The van der Waals surface area contributed by atoms with E-state index in [1.54, 1.807) is 6.20 Å². The first-order valence-corrected chi connectivity index (χ1v) is 5.14. The molecule has 0 aliphatic carbocycles. The van der Waals surface area contributed by atoms with E-state index in [0.717, 1.165) is 5.33 Å². The first-order valence-electron chi connectivity index (χ1n) is 3.10. The molecule has 0 bridgehead atoms. The van der Waals surface area contributed by atoms with E-state index in [1.165, 1.54) is 0 Å². The summed E-state index contributed by atoms with van der Waals surface area (Å²) in [4.78, 5) is 3.99. The Kier molecular flexibility index (Phi) is 3.86. The minimum absolute atomic E-state index is 0.0163. The standard InChI is InChI=1S/C7H7Br2NO/c8-5-6(9)11-7-3-1-2-4-10-7/h1-4,6H,5H2. The smallest absolute Gasteiger partial charge is 0.214 e. The highest BCUT2D eigenvalue weighted by Gasteiger charge is 2.02. The van der Waals surface area contributed by atoms with Gasteiger partial charge in [0, 0.05) is 12.3 Å². The molecule has 1 aromatic heterocycles. The molecule has 0 spiro atoms. The number of hydrogen-bond donors (Lipinski definition) is 0. The Labute approximate surface area is 82.2 Å². The third kappa shape index (κ3) is 3.20. The molecule has 0 N–H and O–H groups in total. The summed E-state index contributed by atoms with van der Waals surface area (Å²) in [6.07, 6.45) is 1.70. The Morgan fingerprint density at radius 2 is 2.36 bits per heavy atom. The number of nitrogens with zero attached hydrogens (tertiary/aromatic N) is 1. The molecule has 1 unspecified atom stereocenters. The van der Waals surface area contributed by atoms with Crippen LogP contribution in [0.5, 0.6) is 5.88 Å². The molecule has 0 amide bonds. The molecule has 1 aromatic rings. The second-order valence-corrected chi connectivity index (χ2v) is 3.52. The van der Waals surface area contributed by atoms with Crippen molar-refractivity contribution >= 4 is 31.9 Å². The van der Waals surface area contributed by atoms with Crippen LogP contribution in [0, 0.1) is 0 Å². The number of ether oxygens (including phenoxy) is 1. The van der Waals surface area contributed by atoms with Crippen LogP contribution >= 0.6 is 31.9 Å². The summed E-state index contributed by atoms with van der Waals surface area (Å²) in [7, 11) is 0. The van der Waals surface area contributed by atoms with Crippen LogP contribution < -0.4 is 4.74 Å². The zero-order chi connectivity index (χ0) is 8.10. The molecular weight excluding hydrogens is 274 g/mol. The van der Waals surface area contributed by atoms with Crippen molar-refractivity contribution < 1.29 is 4.74 Å². The van der Waals surface area contributed by atoms with Crippen LogP contribution in [0.2, 0.25) is 0 Å². The van der Waals surface area contributed by atoms with Crippen LogP contribution in [0.3, 0.4) is 0 Å². The molecule has 0 aromatic carbocycles. The molecule has 60 valence electrons. The summed E-state index contributed by atoms with van der Waals surface area (Å²) in [5.41, 5.74) is 0. The SMILES string of the molecule is BrCC(Br)Oc1ccccn1. The zero-order valence-electron chi connectivity index (χ0n) is 5.71. The monoisotopic (exact) mass is 279 g/mol. The van der Waals surface area contributed by atoms with Gasteiger partial charge in [0.25, 0.3) is 0 Å². The molecule has 0 aliphatic rings. The molecular formula is C7H7Br2NO. The topological polar surface area (TPSA) is 22.1 Å². The number of hydrogen-bond acceptors (Lipinski definition) is 2. The minimum Gasteiger partial charge on any atom is -0.462 e. The quantitative estimate of drug-likeness (QED) is 0.794. The molecule has 1 rings (SSSR count). The minimum atomic E-state index is -0.0163. The van der Waals surface area contributed by atoms with E-state index in [1.807, 2.05) is 18.2 Å². The summed E-state index contributed by atoms with van der Waals surface area (Å²) in [6.45, 7) is 0. The summed E-state index contributed by atoms with van der Waals surface area (Å²) < 4.78 is 5.32. The first kappa shape index (κ1) is 9.00. The highest BCUT2D eigenvalue weighted by Crippen LogP contribution is 2.11. The van der Waals surface area contributed by atoms with Gasteiger partial charge in [-0.15, -0.1) is 0 Å². The molecule has 0 fully saturated rings. The third-order valence-corrected chi connectivity index (χ3v) is 2.98. The van der Waals surface area contributed by atoms with E-state index in [0.29, 0.717) is 5.88 Å². The van der Waals surface area contributed by atoms with Gasteiger partial charge in [-0.25, -0.2) is 4.98 Å². The maximum atomic E-state index is 5.32. The van der Waals surface area contributed by atoms with Gasteiger partial charge in [0.1, 0.15) is 0 Å². The molecule has 2 nitrogen and oxygen atoms in total. The fourth-order valence-electron chi connectivity index (χ4n) is 0.579. The van der Waals surface area contributed by atoms with Gasteiger partial charge in [0.05, 0.1) is 5.33 Å². The lowest BCUT2D eigenvalue weighted by Gasteiger charge is -2.07. The lowest BCUT2D eigenvalue weighted by Crippen LogP contribution is -2.09. The molecule has 0 aliphatic heterocycles. The predicted molar refractivity (Wildman–Crippen MR) is 51.4 cm³/mol. The van der Waals surface area contributed by atoms with Crippen molar-refractivity contribution in [1.29, 1.82) is 0 Å². The van der Waals surface area contributed by atoms with E-state index < -0.39 is 0 Å². The van der Waals surface area contributed by atoms with E-state index in [2.05, 4.69) is 36.8 Å².